The van der Waals surface area contributed by atoms with E-state index >= 15 is 0 Å². The normalized spacial score (nSPS) is 14.5. The van der Waals surface area contributed by atoms with Gasteiger partial charge >= 0.3 is 0 Å². The van der Waals surface area contributed by atoms with E-state index in [2.05, 4.69) is 154 Å². The predicted octanol–water partition coefficient (Wildman–Crippen LogP) is 13.0. The van der Waals surface area contributed by atoms with Crippen molar-refractivity contribution in [3.8, 4) is 42.4 Å². The van der Waals surface area contributed by atoms with Gasteiger partial charge in [0.1, 0.15) is 0 Å². The molecule has 2 aromatic heterocycles. The first-order valence-corrected chi connectivity index (χ1v) is 18.4. The van der Waals surface area contributed by atoms with Crippen LogP contribution in [0.25, 0.3) is 42.4 Å². The number of hydrogen-bond acceptors (Lipinski definition) is 4. The van der Waals surface area contributed by atoms with Gasteiger partial charge in [-0.15, -0.1) is 22.7 Å². The van der Waals surface area contributed by atoms with Crippen molar-refractivity contribution < 1.29 is 4.79 Å². The Labute approximate surface area is 296 Å². The highest BCUT2D eigenvalue weighted by Gasteiger charge is 2.37. The zero-order valence-electron chi connectivity index (χ0n) is 28.0. The van der Waals surface area contributed by atoms with Crippen LogP contribution in [0.5, 0.6) is 0 Å². The van der Waals surface area contributed by atoms with Crippen molar-refractivity contribution in [1.82, 2.24) is 0 Å². The van der Waals surface area contributed by atoms with E-state index in [4.69, 9.17) is 0 Å². The summed E-state index contributed by atoms with van der Waals surface area (Å²) >= 11 is 3.31. The highest BCUT2D eigenvalue weighted by atomic mass is 32.1. The number of carbonyl (C=O) groups is 1. The van der Waals surface area contributed by atoms with Crippen LogP contribution >= 0.6 is 22.7 Å². The van der Waals surface area contributed by atoms with E-state index in [1.54, 1.807) is 22.7 Å². The van der Waals surface area contributed by atoms with Crippen molar-refractivity contribution in [3.05, 3.63) is 161 Å². The highest BCUT2D eigenvalue weighted by Crippen LogP contribution is 2.53. The third-order valence-corrected chi connectivity index (χ3v) is 13.0. The van der Waals surface area contributed by atoms with Gasteiger partial charge in [0.15, 0.2) is 6.29 Å². The van der Waals surface area contributed by atoms with E-state index in [0.717, 1.165) is 33.1 Å². The fourth-order valence-electron chi connectivity index (χ4n) is 8.06. The van der Waals surface area contributed by atoms with Crippen LogP contribution in [-0.2, 0) is 10.8 Å². The van der Waals surface area contributed by atoms with Crippen molar-refractivity contribution in [2.45, 2.75) is 38.5 Å². The molecular formula is C45H35NOS2. The lowest BCUT2D eigenvalue weighted by molar-refractivity contribution is 0.112. The van der Waals surface area contributed by atoms with E-state index in [1.807, 2.05) is 12.1 Å². The standard InChI is InChI=1S/C45H35NOS2/c1-44(2)37-11-7-5-9-33(37)35-20-17-30(25-39(35)44)46(31-18-21-36-34-10-6-8-12-38(34)45(3,4)40(36)26-31)29-15-13-28(14-16-29)41-23-24-43(49-41)42-22-19-32(27-47)48-42/h5-27H,1-4H3. The van der Waals surface area contributed by atoms with Crippen molar-refractivity contribution >= 4 is 46.0 Å². The second kappa shape index (κ2) is 11.0. The molecule has 0 saturated heterocycles. The van der Waals surface area contributed by atoms with Gasteiger partial charge in [0.25, 0.3) is 0 Å². The molecule has 5 aromatic carbocycles. The highest BCUT2D eigenvalue weighted by molar-refractivity contribution is 7.24. The topological polar surface area (TPSA) is 20.3 Å². The molecule has 0 amide bonds. The number of rotatable bonds is 6. The van der Waals surface area contributed by atoms with Crippen molar-refractivity contribution in [2.24, 2.45) is 0 Å². The van der Waals surface area contributed by atoms with Crippen molar-refractivity contribution in [1.29, 1.82) is 0 Å². The lowest BCUT2D eigenvalue weighted by Crippen LogP contribution is -2.18. The molecule has 0 aliphatic heterocycles. The van der Waals surface area contributed by atoms with Crippen molar-refractivity contribution in [2.75, 3.05) is 4.90 Å². The summed E-state index contributed by atoms with van der Waals surface area (Å²) in [6.45, 7) is 9.39. The van der Waals surface area contributed by atoms with Gasteiger partial charge in [0, 0.05) is 42.5 Å². The zero-order valence-corrected chi connectivity index (χ0v) is 29.6. The third kappa shape index (κ3) is 4.62. The Hall–Kier alpha value is -5.03. The second-order valence-electron chi connectivity index (χ2n) is 14.2. The van der Waals surface area contributed by atoms with Gasteiger partial charge in [-0.25, -0.2) is 0 Å². The molecule has 0 unspecified atom stereocenters. The zero-order chi connectivity index (χ0) is 33.5. The first kappa shape index (κ1) is 30.1. The first-order valence-electron chi connectivity index (χ1n) is 16.8. The number of thiophene rings is 2. The fraction of sp³-hybridized carbons (Fsp3) is 0.133. The molecule has 7 aromatic rings. The molecule has 0 bridgehead atoms. The maximum absolute atomic E-state index is 11.3. The Kier molecular flexibility index (Phi) is 6.75. The van der Waals surface area contributed by atoms with Gasteiger partial charge in [0.2, 0.25) is 0 Å². The molecule has 4 heteroatoms. The van der Waals surface area contributed by atoms with Crippen LogP contribution in [0, 0.1) is 0 Å². The number of benzene rings is 5. The van der Waals surface area contributed by atoms with Crippen LogP contribution < -0.4 is 4.90 Å². The van der Waals surface area contributed by atoms with Crippen LogP contribution in [0.4, 0.5) is 17.1 Å². The Morgan fingerprint density at radius 1 is 0.469 bits per heavy atom. The number of anilines is 3. The molecule has 9 rings (SSSR count). The number of hydrogen-bond donors (Lipinski definition) is 0. The molecule has 2 nitrogen and oxygen atoms in total. The summed E-state index contributed by atoms with van der Waals surface area (Å²) < 4.78 is 0. The summed E-state index contributed by atoms with van der Waals surface area (Å²) in [7, 11) is 0. The van der Waals surface area contributed by atoms with Gasteiger partial charge in [-0.1, -0.05) is 100 Å². The van der Waals surface area contributed by atoms with E-state index < -0.39 is 0 Å². The largest absolute Gasteiger partial charge is 0.310 e. The number of nitrogens with zero attached hydrogens (tertiary/aromatic N) is 1. The van der Waals surface area contributed by atoms with Crippen LogP contribution in [0.3, 0.4) is 0 Å². The van der Waals surface area contributed by atoms with Gasteiger partial charge < -0.3 is 4.90 Å². The summed E-state index contributed by atoms with van der Waals surface area (Å²) in [5, 5.41) is 0. The molecule has 0 radical (unpaired) electrons. The average molecular weight is 670 g/mol. The molecule has 0 spiro atoms. The van der Waals surface area contributed by atoms with E-state index in [0.29, 0.717) is 0 Å². The van der Waals surface area contributed by atoms with Crippen LogP contribution in [0.1, 0.15) is 59.6 Å². The third-order valence-electron chi connectivity index (χ3n) is 10.7. The molecule has 0 atom stereocenters. The fourth-order valence-corrected chi connectivity index (χ4v) is 9.98. The summed E-state index contributed by atoms with van der Waals surface area (Å²) in [6.07, 6.45) is 0.925. The molecule has 2 aliphatic carbocycles. The van der Waals surface area contributed by atoms with E-state index in [1.165, 1.54) is 59.8 Å². The lowest BCUT2D eigenvalue weighted by Gasteiger charge is -2.30. The summed E-state index contributed by atoms with van der Waals surface area (Å²) in [5.74, 6) is 0. The molecule has 2 aliphatic rings. The smallest absolute Gasteiger partial charge is 0.160 e. The predicted molar refractivity (Wildman–Crippen MR) is 208 cm³/mol. The molecule has 49 heavy (non-hydrogen) atoms. The Balaban J connectivity index is 1.15. The maximum atomic E-state index is 11.3. The number of carbonyl (C=O) groups excluding carboxylic acids is 1. The molecule has 238 valence electrons. The summed E-state index contributed by atoms with van der Waals surface area (Å²) in [5.41, 5.74) is 15.2. The van der Waals surface area contributed by atoms with Crippen LogP contribution in [0.15, 0.2) is 133 Å². The SMILES string of the molecule is CC1(C)c2ccccc2-c2ccc(N(c3ccc(-c4ccc(-c5ccc(C=O)s5)s4)cc3)c3ccc4c(c3)C(C)(C)c3ccccc3-4)cc21. The Morgan fingerprint density at radius 2 is 0.939 bits per heavy atom. The van der Waals surface area contributed by atoms with Gasteiger partial charge in [0.05, 0.1) is 4.88 Å². The number of aldehydes is 1. The second-order valence-corrected chi connectivity index (χ2v) is 16.4. The minimum atomic E-state index is -0.0923. The van der Waals surface area contributed by atoms with Gasteiger partial charge in [-0.05, 0) is 111 Å². The molecule has 0 N–H and O–H groups in total. The quantitative estimate of drug-likeness (QED) is 0.164. The molecule has 2 heterocycles. The summed E-state index contributed by atoms with van der Waals surface area (Å²) in [4.78, 5) is 18.0. The number of fused-ring (bicyclic) bond motifs is 6. The van der Waals surface area contributed by atoms with Crippen molar-refractivity contribution in [3.63, 3.8) is 0 Å². The van der Waals surface area contributed by atoms with Crippen LogP contribution in [-0.4, -0.2) is 6.29 Å². The maximum Gasteiger partial charge on any atom is 0.160 e. The molecular weight excluding hydrogens is 635 g/mol. The minimum Gasteiger partial charge on any atom is -0.310 e. The average Bonchev–Trinajstić information content (AvgIpc) is 3.90. The monoisotopic (exact) mass is 669 g/mol. The van der Waals surface area contributed by atoms with E-state index in [-0.39, 0.29) is 10.8 Å². The van der Waals surface area contributed by atoms with E-state index in [9.17, 15) is 4.79 Å². The minimum absolute atomic E-state index is 0.0923. The summed E-state index contributed by atoms with van der Waals surface area (Å²) in [6, 6.07) is 49.0. The Morgan fingerprint density at radius 3 is 1.49 bits per heavy atom. The van der Waals surface area contributed by atoms with Crippen LogP contribution in [0.2, 0.25) is 0 Å². The molecule has 0 saturated carbocycles. The first-order chi connectivity index (χ1) is 23.7. The van der Waals surface area contributed by atoms with Gasteiger partial charge in [-0.2, -0.15) is 0 Å². The van der Waals surface area contributed by atoms with Gasteiger partial charge in [-0.3, -0.25) is 4.79 Å². The lowest BCUT2D eigenvalue weighted by atomic mass is 9.82. The molecule has 0 fully saturated rings. The Bertz CT molecular complexity index is 2320.